The maximum atomic E-state index is 5.95. The molecular weight excluding hydrogens is 210 g/mol. The van der Waals surface area contributed by atoms with E-state index in [1.807, 2.05) is 6.07 Å². The Balaban J connectivity index is 2.04. The fraction of sp³-hybridized carbons (Fsp3) is 0.545. The Morgan fingerprint density at radius 2 is 2.33 bits per heavy atom. The Hall–Kier alpha value is -0.800. The molecule has 15 heavy (non-hydrogen) atoms. The number of hydrogen-bond acceptors (Lipinski definition) is 3. The summed E-state index contributed by atoms with van der Waals surface area (Å²) in [5.74, 6) is 1.10. The number of fused-ring (bicyclic) bond motifs is 3. The predicted molar refractivity (Wildman–Crippen MR) is 61.5 cm³/mol. The van der Waals surface area contributed by atoms with Gasteiger partial charge in [0.1, 0.15) is 11.0 Å². The molecule has 2 unspecified atom stereocenters. The van der Waals surface area contributed by atoms with Gasteiger partial charge in [-0.2, -0.15) is 0 Å². The first kappa shape index (κ1) is 9.43. The Labute approximate surface area is 94.4 Å². The molecule has 0 aliphatic carbocycles. The third-order valence-corrected chi connectivity index (χ3v) is 3.52. The summed E-state index contributed by atoms with van der Waals surface area (Å²) in [6.45, 7) is 4.32. The van der Waals surface area contributed by atoms with Gasteiger partial charge in [-0.3, -0.25) is 0 Å². The van der Waals surface area contributed by atoms with E-state index in [1.165, 1.54) is 5.56 Å². The second kappa shape index (κ2) is 3.35. The van der Waals surface area contributed by atoms with Crippen molar-refractivity contribution in [1.82, 2.24) is 10.3 Å². The number of rotatable bonds is 0. The van der Waals surface area contributed by atoms with Crippen molar-refractivity contribution in [3.05, 3.63) is 22.8 Å². The van der Waals surface area contributed by atoms with Crippen LogP contribution in [0.25, 0.3) is 0 Å². The number of piperazine rings is 1. The van der Waals surface area contributed by atoms with E-state index in [1.54, 1.807) is 0 Å². The number of anilines is 1. The van der Waals surface area contributed by atoms with Crippen molar-refractivity contribution < 1.29 is 0 Å². The lowest BCUT2D eigenvalue weighted by atomic mass is 10.1. The molecular formula is C11H14ClN3. The molecule has 0 saturated carbocycles. The van der Waals surface area contributed by atoms with Crippen LogP contribution in [0.5, 0.6) is 0 Å². The topological polar surface area (TPSA) is 28.2 Å². The van der Waals surface area contributed by atoms with E-state index in [0.29, 0.717) is 17.2 Å². The Bertz CT molecular complexity index is 393. The standard InChI is InChI=1S/C11H14ClN3/c1-7-5-13-6-9-4-8-2-3-10(12)14-11(8)15(7)9/h2-3,7,9,13H,4-6H2,1H3. The van der Waals surface area contributed by atoms with Crippen LogP contribution in [0.15, 0.2) is 12.1 Å². The second-order valence-electron chi connectivity index (χ2n) is 4.39. The number of halogens is 1. The number of hydrogen-bond donors (Lipinski definition) is 1. The van der Waals surface area contributed by atoms with E-state index >= 15 is 0 Å². The zero-order valence-corrected chi connectivity index (χ0v) is 9.46. The summed E-state index contributed by atoms with van der Waals surface area (Å²) in [5.41, 5.74) is 1.33. The van der Waals surface area contributed by atoms with E-state index in [-0.39, 0.29) is 0 Å². The number of pyridine rings is 1. The summed E-state index contributed by atoms with van der Waals surface area (Å²) in [6, 6.07) is 5.07. The average molecular weight is 224 g/mol. The lowest BCUT2D eigenvalue weighted by molar-refractivity contribution is 0.428. The zero-order chi connectivity index (χ0) is 10.4. The fourth-order valence-electron chi connectivity index (χ4n) is 2.66. The Morgan fingerprint density at radius 1 is 1.47 bits per heavy atom. The van der Waals surface area contributed by atoms with Gasteiger partial charge >= 0.3 is 0 Å². The van der Waals surface area contributed by atoms with Crippen LogP contribution >= 0.6 is 11.6 Å². The summed E-state index contributed by atoms with van der Waals surface area (Å²) in [5, 5.41) is 4.05. The van der Waals surface area contributed by atoms with Gasteiger partial charge in [0.2, 0.25) is 0 Å². The molecule has 3 nitrogen and oxygen atoms in total. The molecule has 0 bridgehead atoms. The summed E-state index contributed by atoms with van der Waals surface area (Å²) in [6.07, 6.45) is 1.09. The molecule has 2 aliphatic heterocycles. The maximum Gasteiger partial charge on any atom is 0.134 e. The van der Waals surface area contributed by atoms with E-state index in [9.17, 15) is 0 Å². The molecule has 2 atom stereocenters. The molecule has 0 amide bonds. The minimum absolute atomic E-state index is 0.510. The maximum absolute atomic E-state index is 5.95. The SMILES string of the molecule is CC1CNCC2Cc3ccc(Cl)nc3N12. The van der Waals surface area contributed by atoms with Gasteiger partial charge in [-0.15, -0.1) is 0 Å². The van der Waals surface area contributed by atoms with Gasteiger partial charge in [0.15, 0.2) is 0 Å². The highest BCUT2D eigenvalue weighted by atomic mass is 35.5. The van der Waals surface area contributed by atoms with Gasteiger partial charge in [0.05, 0.1) is 0 Å². The van der Waals surface area contributed by atoms with Crippen molar-refractivity contribution in [2.75, 3.05) is 18.0 Å². The molecule has 3 rings (SSSR count). The van der Waals surface area contributed by atoms with Crippen molar-refractivity contribution >= 4 is 17.4 Å². The summed E-state index contributed by atoms with van der Waals surface area (Å²) < 4.78 is 0. The van der Waals surface area contributed by atoms with Crippen LogP contribution in [-0.4, -0.2) is 30.2 Å². The molecule has 1 fully saturated rings. The number of nitrogens with zero attached hydrogens (tertiary/aromatic N) is 2. The van der Waals surface area contributed by atoms with Crippen LogP contribution < -0.4 is 10.2 Å². The minimum Gasteiger partial charge on any atom is -0.348 e. The molecule has 1 saturated heterocycles. The first-order chi connectivity index (χ1) is 7.25. The monoisotopic (exact) mass is 223 g/mol. The van der Waals surface area contributed by atoms with Gasteiger partial charge in [-0.05, 0) is 25.0 Å². The van der Waals surface area contributed by atoms with Gasteiger partial charge < -0.3 is 10.2 Å². The van der Waals surface area contributed by atoms with Gasteiger partial charge in [0.25, 0.3) is 0 Å². The smallest absolute Gasteiger partial charge is 0.134 e. The third kappa shape index (κ3) is 1.42. The fourth-order valence-corrected chi connectivity index (χ4v) is 2.80. The summed E-state index contributed by atoms with van der Waals surface area (Å²) in [4.78, 5) is 6.87. The number of aromatic nitrogens is 1. The molecule has 1 N–H and O–H groups in total. The average Bonchev–Trinajstić information content (AvgIpc) is 2.57. The van der Waals surface area contributed by atoms with Crippen LogP contribution in [0, 0.1) is 0 Å². The highest BCUT2D eigenvalue weighted by Gasteiger charge is 2.36. The van der Waals surface area contributed by atoms with Gasteiger partial charge in [-0.1, -0.05) is 17.7 Å². The van der Waals surface area contributed by atoms with Gasteiger partial charge in [-0.25, -0.2) is 4.98 Å². The molecule has 1 aromatic rings. The van der Waals surface area contributed by atoms with Crippen molar-refractivity contribution in [1.29, 1.82) is 0 Å². The van der Waals surface area contributed by atoms with Crippen LogP contribution in [0.1, 0.15) is 12.5 Å². The van der Waals surface area contributed by atoms with Crippen LogP contribution in [0.3, 0.4) is 0 Å². The van der Waals surface area contributed by atoms with E-state index in [2.05, 4.69) is 28.2 Å². The Morgan fingerprint density at radius 3 is 3.20 bits per heavy atom. The summed E-state index contributed by atoms with van der Waals surface area (Å²) >= 11 is 5.95. The largest absolute Gasteiger partial charge is 0.348 e. The molecule has 4 heteroatoms. The summed E-state index contributed by atoms with van der Waals surface area (Å²) in [7, 11) is 0. The molecule has 2 aliphatic rings. The van der Waals surface area contributed by atoms with Crippen LogP contribution in [0.2, 0.25) is 5.15 Å². The van der Waals surface area contributed by atoms with Crippen LogP contribution in [0.4, 0.5) is 5.82 Å². The lowest BCUT2D eigenvalue weighted by Gasteiger charge is -2.37. The highest BCUT2D eigenvalue weighted by Crippen LogP contribution is 2.34. The third-order valence-electron chi connectivity index (χ3n) is 3.31. The molecule has 0 radical (unpaired) electrons. The van der Waals surface area contributed by atoms with E-state index in [4.69, 9.17) is 11.6 Å². The molecule has 3 heterocycles. The minimum atomic E-state index is 0.510. The van der Waals surface area contributed by atoms with Crippen molar-refractivity contribution in [2.24, 2.45) is 0 Å². The molecule has 0 aromatic carbocycles. The van der Waals surface area contributed by atoms with E-state index in [0.717, 1.165) is 25.3 Å². The first-order valence-electron chi connectivity index (χ1n) is 5.40. The number of nitrogens with one attached hydrogen (secondary N) is 1. The normalized spacial score (nSPS) is 28.8. The van der Waals surface area contributed by atoms with E-state index < -0.39 is 0 Å². The van der Waals surface area contributed by atoms with Gasteiger partial charge in [0, 0.05) is 25.2 Å². The Kier molecular flexibility index (Phi) is 2.11. The lowest BCUT2D eigenvalue weighted by Crippen LogP contribution is -2.55. The quantitative estimate of drug-likeness (QED) is 0.675. The van der Waals surface area contributed by atoms with Crippen molar-refractivity contribution in [2.45, 2.75) is 25.4 Å². The highest BCUT2D eigenvalue weighted by molar-refractivity contribution is 6.29. The molecule has 80 valence electrons. The zero-order valence-electron chi connectivity index (χ0n) is 8.70. The molecule has 1 aromatic heterocycles. The van der Waals surface area contributed by atoms with Crippen molar-refractivity contribution in [3.8, 4) is 0 Å². The van der Waals surface area contributed by atoms with Crippen LogP contribution in [-0.2, 0) is 6.42 Å². The van der Waals surface area contributed by atoms with Crippen molar-refractivity contribution in [3.63, 3.8) is 0 Å². The second-order valence-corrected chi connectivity index (χ2v) is 4.78. The molecule has 0 spiro atoms. The predicted octanol–water partition coefficient (Wildman–Crippen LogP) is 1.46. The first-order valence-corrected chi connectivity index (χ1v) is 5.78.